The fourth-order valence-corrected chi connectivity index (χ4v) is 3.10. The lowest BCUT2D eigenvalue weighted by Crippen LogP contribution is -2.40. The summed E-state index contributed by atoms with van der Waals surface area (Å²) in [5, 5.41) is 5.70. The number of hydrogen-bond donors (Lipinski definition) is 2. The van der Waals surface area contributed by atoms with E-state index in [1.807, 2.05) is 13.0 Å². The van der Waals surface area contributed by atoms with Gasteiger partial charge in [-0.15, -0.1) is 11.8 Å². The molecule has 1 heterocycles. The fraction of sp³-hybridized carbons (Fsp3) is 0.385. The van der Waals surface area contributed by atoms with Gasteiger partial charge in [0.2, 0.25) is 11.8 Å². The van der Waals surface area contributed by atoms with E-state index in [4.69, 9.17) is 11.6 Å². The average molecular weight is 299 g/mol. The first-order valence-electron chi connectivity index (χ1n) is 6.01. The minimum absolute atomic E-state index is 0.0681. The highest BCUT2D eigenvalue weighted by Crippen LogP contribution is 2.24. The molecule has 102 valence electrons. The molecule has 0 unspecified atom stereocenters. The number of nitrogens with one attached hydrogen (secondary N) is 2. The molecule has 0 spiro atoms. The Labute approximate surface area is 121 Å². The predicted octanol–water partition coefficient (Wildman–Crippen LogP) is 2.21. The van der Waals surface area contributed by atoms with Crippen LogP contribution in [0.3, 0.4) is 0 Å². The lowest BCUT2D eigenvalue weighted by Gasteiger charge is -2.21. The quantitative estimate of drug-likeness (QED) is 0.899. The Bertz CT molecular complexity index is 507. The minimum atomic E-state index is -0.307. The van der Waals surface area contributed by atoms with Crippen LogP contribution < -0.4 is 10.6 Å². The molecule has 1 aromatic carbocycles. The summed E-state index contributed by atoms with van der Waals surface area (Å²) in [4.78, 5) is 23.5. The van der Waals surface area contributed by atoms with Crippen LogP contribution in [-0.4, -0.2) is 29.4 Å². The maximum Gasteiger partial charge on any atom is 0.233 e. The smallest absolute Gasteiger partial charge is 0.233 e. The zero-order valence-corrected chi connectivity index (χ0v) is 12.1. The number of aryl methyl sites for hydroxylation is 1. The maximum absolute atomic E-state index is 11.9. The normalized spacial score (nSPS) is 18.8. The van der Waals surface area contributed by atoms with Gasteiger partial charge < -0.3 is 10.6 Å². The van der Waals surface area contributed by atoms with Crippen LogP contribution in [0.1, 0.15) is 12.0 Å². The fourth-order valence-electron chi connectivity index (χ4n) is 1.81. The van der Waals surface area contributed by atoms with Gasteiger partial charge in [-0.25, -0.2) is 0 Å². The molecule has 1 atom stereocenters. The number of carbonyl (C=O) groups is 2. The summed E-state index contributed by atoms with van der Waals surface area (Å²) < 4.78 is 0. The van der Waals surface area contributed by atoms with Crippen molar-refractivity contribution in [3.05, 3.63) is 28.8 Å². The summed E-state index contributed by atoms with van der Waals surface area (Å²) >= 11 is 7.56. The van der Waals surface area contributed by atoms with Gasteiger partial charge in [-0.05, 0) is 24.6 Å². The Balaban J connectivity index is 1.95. The van der Waals surface area contributed by atoms with Crippen molar-refractivity contribution < 1.29 is 9.59 Å². The van der Waals surface area contributed by atoms with Crippen molar-refractivity contribution in [2.75, 3.05) is 17.6 Å². The molecule has 1 saturated heterocycles. The summed E-state index contributed by atoms with van der Waals surface area (Å²) in [7, 11) is 0. The minimum Gasteiger partial charge on any atom is -0.354 e. The molecule has 1 aliphatic heterocycles. The third kappa shape index (κ3) is 3.88. The lowest BCUT2D eigenvalue weighted by molar-refractivity contribution is -0.123. The molecule has 2 amide bonds. The highest BCUT2D eigenvalue weighted by atomic mass is 35.5. The summed E-state index contributed by atoms with van der Waals surface area (Å²) in [5.41, 5.74) is 1.61. The third-order valence-corrected chi connectivity index (χ3v) is 4.32. The number of rotatable bonds is 3. The molecule has 2 N–H and O–H groups in total. The Morgan fingerprint density at radius 1 is 1.58 bits per heavy atom. The summed E-state index contributed by atoms with van der Waals surface area (Å²) in [5.74, 6) is 0.580. The van der Waals surface area contributed by atoms with Gasteiger partial charge in [-0.3, -0.25) is 9.59 Å². The number of anilines is 1. The molecule has 0 saturated carbocycles. The van der Waals surface area contributed by atoms with E-state index in [0.717, 1.165) is 11.3 Å². The van der Waals surface area contributed by atoms with E-state index in [-0.39, 0.29) is 23.5 Å². The van der Waals surface area contributed by atoms with Crippen molar-refractivity contribution in [2.24, 2.45) is 0 Å². The second-order valence-corrected chi connectivity index (χ2v) is 6.10. The van der Waals surface area contributed by atoms with Crippen molar-refractivity contribution in [1.82, 2.24) is 5.32 Å². The van der Waals surface area contributed by atoms with E-state index < -0.39 is 0 Å². The maximum atomic E-state index is 11.9. The number of amides is 2. The molecule has 1 aromatic rings. The zero-order valence-electron chi connectivity index (χ0n) is 10.5. The van der Waals surface area contributed by atoms with Crippen LogP contribution in [0.4, 0.5) is 5.69 Å². The molecule has 1 aliphatic rings. The monoisotopic (exact) mass is 298 g/mol. The number of halogens is 1. The molecule has 1 fully saturated rings. The zero-order chi connectivity index (χ0) is 13.8. The van der Waals surface area contributed by atoms with Gasteiger partial charge in [0.25, 0.3) is 0 Å². The SMILES string of the molecule is Cc1ccc(NC(=O)C[C@@H]2SCCNC2=O)c(Cl)c1. The van der Waals surface area contributed by atoms with Crippen molar-refractivity contribution in [1.29, 1.82) is 0 Å². The van der Waals surface area contributed by atoms with Crippen LogP contribution in [0.5, 0.6) is 0 Å². The van der Waals surface area contributed by atoms with Gasteiger partial charge in [-0.2, -0.15) is 0 Å². The molecule has 0 aliphatic carbocycles. The molecule has 6 heteroatoms. The number of carbonyl (C=O) groups excluding carboxylic acids is 2. The van der Waals surface area contributed by atoms with Crippen LogP contribution in [0, 0.1) is 6.92 Å². The highest BCUT2D eigenvalue weighted by Gasteiger charge is 2.25. The highest BCUT2D eigenvalue weighted by molar-refractivity contribution is 8.00. The van der Waals surface area contributed by atoms with E-state index >= 15 is 0 Å². The van der Waals surface area contributed by atoms with Gasteiger partial charge in [0.15, 0.2) is 0 Å². The van der Waals surface area contributed by atoms with E-state index in [2.05, 4.69) is 10.6 Å². The standard InChI is InChI=1S/C13H15ClN2O2S/c1-8-2-3-10(9(14)6-8)16-12(17)7-11-13(18)15-4-5-19-11/h2-3,6,11H,4-5,7H2,1H3,(H,15,18)(H,16,17)/t11-/m0/s1. The van der Waals surface area contributed by atoms with Crippen LogP contribution >= 0.6 is 23.4 Å². The summed E-state index contributed by atoms with van der Waals surface area (Å²) in [6.07, 6.45) is 0.167. The summed E-state index contributed by atoms with van der Waals surface area (Å²) in [6.45, 7) is 2.60. The van der Waals surface area contributed by atoms with E-state index in [9.17, 15) is 9.59 Å². The third-order valence-electron chi connectivity index (χ3n) is 2.78. The van der Waals surface area contributed by atoms with Crippen LogP contribution in [-0.2, 0) is 9.59 Å². The Morgan fingerprint density at radius 2 is 2.37 bits per heavy atom. The van der Waals surface area contributed by atoms with Crippen molar-refractivity contribution in [2.45, 2.75) is 18.6 Å². The number of thioether (sulfide) groups is 1. The van der Waals surface area contributed by atoms with E-state index in [0.29, 0.717) is 17.3 Å². The molecular formula is C13H15ClN2O2S. The van der Waals surface area contributed by atoms with Gasteiger partial charge in [0.1, 0.15) is 0 Å². The van der Waals surface area contributed by atoms with Crippen LogP contribution in [0.25, 0.3) is 0 Å². The van der Waals surface area contributed by atoms with Gasteiger partial charge >= 0.3 is 0 Å². The first-order chi connectivity index (χ1) is 9.06. The summed E-state index contributed by atoms with van der Waals surface area (Å²) in [6, 6.07) is 5.44. The molecule has 4 nitrogen and oxygen atoms in total. The lowest BCUT2D eigenvalue weighted by atomic mass is 10.2. The first kappa shape index (κ1) is 14.2. The Hall–Kier alpha value is -1.20. The Morgan fingerprint density at radius 3 is 3.05 bits per heavy atom. The van der Waals surface area contributed by atoms with Crippen LogP contribution in [0.2, 0.25) is 5.02 Å². The first-order valence-corrected chi connectivity index (χ1v) is 7.44. The van der Waals surface area contributed by atoms with Crippen molar-refractivity contribution >= 4 is 40.9 Å². The van der Waals surface area contributed by atoms with Gasteiger partial charge in [-0.1, -0.05) is 17.7 Å². The molecule has 2 rings (SSSR count). The average Bonchev–Trinajstić information content (AvgIpc) is 2.36. The van der Waals surface area contributed by atoms with Crippen molar-refractivity contribution in [3.8, 4) is 0 Å². The molecule has 0 bridgehead atoms. The Kier molecular flexibility index (Phi) is 4.71. The van der Waals surface area contributed by atoms with Gasteiger partial charge in [0.05, 0.1) is 16.0 Å². The second-order valence-electron chi connectivity index (χ2n) is 4.39. The topological polar surface area (TPSA) is 58.2 Å². The van der Waals surface area contributed by atoms with Crippen LogP contribution in [0.15, 0.2) is 18.2 Å². The molecular weight excluding hydrogens is 284 g/mol. The van der Waals surface area contributed by atoms with E-state index in [1.54, 1.807) is 12.1 Å². The predicted molar refractivity (Wildman–Crippen MR) is 78.7 cm³/mol. The van der Waals surface area contributed by atoms with E-state index in [1.165, 1.54) is 11.8 Å². The number of hydrogen-bond acceptors (Lipinski definition) is 3. The molecule has 0 radical (unpaired) electrons. The molecule has 19 heavy (non-hydrogen) atoms. The second kappa shape index (κ2) is 6.30. The molecule has 0 aromatic heterocycles. The largest absolute Gasteiger partial charge is 0.354 e. The number of benzene rings is 1. The van der Waals surface area contributed by atoms with Gasteiger partial charge in [0, 0.05) is 18.7 Å². The van der Waals surface area contributed by atoms with Crippen molar-refractivity contribution in [3.63, 3.8) is 0 Å².